The molecule has 8 heteroatoms. The lowest BCUT2D eigenvalue weighted by Crippen LogP contribution is -2.22. The molecule has 6 nitrogen and oxygen atoms in total. The number of esters is 1. The lowest BCUT2D eigenvalue weighted by molar-refractivity contribution is -0.141. The first-order valence-electron chi connectivity index (χ1n) is 8.61. The van der Waals surface area contributed by atoms with Gasteiger partial charge in [0.2, 0.25) is 0 Å². The van der Waals surface area contributed by atoms with Crippen molar-refractivity contribution in [2.75, 3.05) is 20.0 Å². The summed E-state index contributed by atoms with van der Waals surface area (Å²) in [5.74, 6) is -0.0401. The van der Waals surface area contributed by atoms with Gasteiger partial charge < -0.3 is 14.0 Å². The van der Waals surface area contributed by atoms with Crippen molar-refractivity contribution in [1.82, 2.24) is 4.57 Å². The highest BCUT2D eigenvalue weighted by atomic mass is 32.2. The number of carbonyl (C=O) groups excluding carboxylic acids is 2. The van der Waals surface area contributed by atoms with E-state index in [1.54, 1.807) is 28.5 Å². The zero-order chi connectivity index (χ0) is 20.1. The Morgan fingerprint density at radius 2 is 1.93 bits per heavy atom. The van der Waals surface area contributed by atoms with E-state index in [-0.39, 0.29) is 12.5 Å². The van der Waals surface area contributed by atoms with Crippen LogP contribution in [0.2, 0.25) is 0 Å². The first-order chi connectivity index (χ1) is 13.5. The van der Waals surface area contributed by atoms with Crippen LogP contribution in [-0.4, -0.2) is 36.4 Å². The highest BCUT2D eigenvalue weighted by Crippen LogP contribution is 2.24. The molecule has 0 aliphatic carbocycles. The van der Waals surface area contributed by atoms with Crippen molar-refractivity contribution in [2.24, 2.45) is 4.99 Å². The van der Waals surface area contributed by atoms with Crippen LogP contribution in [0.1, 0.15) is 17.3 Å². The SMILES string of the molecule is CCOc1ccc2c(c1)sc(=NC(=O)c1ccc(SC)cc1)n2CC(=O)OC. The summed E-state index contributed by atoms with van der Waals surface area (Å²) in [4.78, 5) is 30.3. The Morgan fingerprint density at radius 1 is 1.18 bits per heavy atom. The Hall–Kier alpha value is -2.58. The van der Waals surface area contributed by atoms with Gasteiger partial charge in [-0.3, -0.25) is 9.59 Å². The van der Waals surface area contributed by atoms with Gasteiger partial charge in [0.15, 0.2) is 4.80 Å². The summed E-state index contributed by atoms with van der Waals surface area (Å²) in [5.41, 5.74) is 1.29. The summed E-state index contributed by atoms with van der Waals surface area (Å²) in [6, 6.07) is 12.8. The molecule has 3 aromatic rings. The predicted octanol–water partition coefficient (Wildman–Crippen LogP) is 3.74. The van der Waals surface area contributed by atoms with Crippen molar-refractivity contribution in [1.29, 1.82) is 0 Å². The molecule has 0 bridgehead atoms. The maximum atomic E-state index is 12.6. The largest absolute Gasteiger partial charge is 0.494 e. The number of rotatable bonds is 6. The Kier molecular flexibility index (Phi) is 6.53. The van der Waals surface area contributed by atoms with E-state index < -0.39 is 5.97 Å². The lowest BCUT2D eigenvalue weighted by atomic mass is 10.2. The number of ether oxygens (including phenoxy) is 2. The van der Waals surface area contributed by atoms with Gasteiger partial charge in [0.05, 0.1) is 23.9 Å². The van der Waals surface area contributed by atoms with Gasteiger partial charge in [-0.25, -0.2) is 0 Å². The van der Waals surface area contributed by atoms with Crippen LogP contribution < -0.4 is 9.54 Å². The fourth-order valence-corrected chi connectivity index (χ4v) is 4.09. The number of amides is 1. The molecule has 0 N–H and O–H groups in total. The first kappa shape index (κ1) is 20.2. The van der Waals surface area contributed by atoms with Crippen LogP contribution in [0.5, 0.6) is 5.75 Å². The fourth-order valence-electron chi connectivity index (χ4n) is 2.63. The second-order valence-corrected chi connectivity index (χ2v) is 7.64. The summed E-state index contributed by atoms with van der Waals surface area (Å²) in [5, 5.41) is 0. The van der Waals surface area contributed by atoms with E-state index in [1.807, 2.05) is 43.5 Å². The molecule has 2 aromatic carbocycles. The van der Waals surface area contributed by atoms with E-state index >= 15 is 0 Å². The molecule has 3 rings (SSSR count). The number of thioether (sulfide) groups is 1. The number of hydrogen-bond donors (Lipinski definition) is 0. The average molecular weight is 417 g/mol. The number of fused-ring (bicyclic) bond motifs is 1. The second-order valence-electron chi connectivity index (χ2n) is 5.75. The summed E-state index contributed by atoms with van der Waals surface area (Å²) in [7, 11) is 1.33. The van der Waals surface area contributed by atoms with Crippen LogP contribution >= 0.6 is 23.1 Å². The maximum absolute atomic E-state index is 12.6. The monoisotopic (exact) mass is 416 g/mol. The molecule has 1 aromatic heterocycles. The van der Waals surface area contributed by atoms with Crippen LogP contribution in [-0.2, 0) is 16.1 Å². The van der Waals surface area contributed by atoms with Crippen molar-refractivity contribution < 1.29 is 19.1 Å². The third-order valence-corrected chi connectivity index (χ3v) is 5.80. The molecule has 0 aliphatic rings. The van der Waals surface area contributed by atoms with Gasteiger partial charge in [-0.2, -0.15) is 4.99 Å². The number of hydrogen-bond acceptors (Lipinski definition) is 6. The number of nitrogens with zero attached hydrogens (tertiary/aromatic N) is 2. The zero-order valence-electron chi connectivity index (χ0n) is 15.8. The molecule has 28 heavy (non-hydrogen) atoms. The molecule has 0 spiro atoms. The summed E-state index contributed by atoms with van der Waals surface area (Å²) < 4.78 is 12.9. The smallest absolute Gasteiger partial charge is 0.325 e. The van der Waals surface area contributed by atoms with E-state index in [2.05, 4.69) is 4.99 Å². The van der Waals surface area contributed by atoms with E-state index in [0.29, 0.717) is 17.0 Å². The number of methoxy groups -OCH3 is 1. The van der Waals surface area contributed by atoms with Crippen molar-refractivity contribution in [3.8, 4) is 5.75 Å². The Morgan fingerprint density at radius 3 is 2.57 bits per heavy atom. The minimum Gasteiger partial charge on any atom is -0.494 e. The summed E-state index contributed by atoms with van der Waals surface area (Å²) >= 11 is 2.94. The predicted molar refractivity (Wildman–Crippen MR) is 111 cm³/mol. The van der Waals surface area contributed by atoms with Crippen LogP contribution in [0.3, 0.4) is 0 Å². The maximum Gasteiger partial charge on any atom is 0.325 e. The average Bonchev–Trinajstić information content (AvgIpc) is 3.04. The summed E-state index contributed by atoms with van der Waals surface area (Å²) in [6.07, 6.45) is 1.98. The van der Waals surface area contributed by atoms with E-state index in [0.717, 1.165) is 20.9 Å². The zero-order valence-corrected chi connectivity index (χ0v) is 17.4. The van der Waals surface area contributed by atoms with E-state index in [9.17, 15) is 9.59 Å². The molecule has 0 saturated carbocycles. The van der Waals surface area contributed by atoms with Crippen molar-refractivity contribution in [3.05, 3.63) is 52.8 Å². The van der Waals surface area contributed by atoms with Gasteiger partial charge in [-0.15, -0.1) is 11.8 Å². The third kappa shape index (κ3) is 4.45. The minimum absolute atomic E-state index is 0.0258. The van der Waals surface area contributed by atoms with Gasteiger partial charge in [-0.05, 0) is 55.6 Å². The second kappa shape index (κ2) is 9.07. The van der Waals surface area contributed by atoms with Crippen LogP contribution in [0, 0.1) is 0 Å². The van der Waals surface area contributed by atoms with Gasteiger partial charge in [0.25, 0.3) is 5.91 Å². The minimum atomic E-state index is -0.410. The highest BCUT2D eigenvalue weighted by Gasteiger charge is 2.13. The molecule has 1 amide bonds. The molecule has 0 fully saturated rings. The number of benzene rings is 2. The Labute approximate surface area is 170 Å². The fraction of sp³-hybridized carbons (Fsp3) is 0.250. The van der Waals surface area contributed by atoms with Crippen LogP contribution in [0.15, 0.2) is 52.4 Å². The van der Waals surface area contributed by atoms with Gasteiger partial charge in [0, 0.05) is 10.5 Å². The van der Waals surface area contributed by atoms with Crippen molar-refractivity contribution in [2.45, 2.75) is 18.4 Å². The van der Waals surface area contributed by atoms with Gasteiger partial charge in [-0.1, -0.05) is 11.3 Å². The van der Waals surface area contributed by atoms with E-state index in [4.69, 9.17) is 9.47 Å². The quantitative estimate of drug-likeness (QED) is 0.452. The third-order valence-electron chi connectivity index (χ3n) is 4.01. The standard InChI is InChI=1S/C20H20N2O4S2/c1-4-26-14-7-10-16-17(11-14)28-20(22(16)12-18(23)25-2)21-19(24)13-5-8-15(27-3)9-6-13/h5-11H,4,12H2,1-3H3. The van der Waals surface area contributed by atoms with Gasteiger partial charge >= 0.3 is 5.97 Å². The molecule has 146 valence electrons. The summed E-state index contributed by atoms with van der Waals surface area (Å²) in [6.45, 7) is 2.45. The normalized spacial score (nSPS) is 11.6. The molecule has 0 aliphatic heterocycles. The molecule has 1 heterocycles. The Bertz CT molecular complexity index is 1070. The van der Waals surface area contributed by atoms with Gasteiger partial charge in [0.1, 0.15) is 12.3 Å². The number of carbonyl (C=O) groups is 2. The van der Waals surface area contributed by atoms with Crippen LogP contribution in [0.25, 0.3) is 10.2 Å². The molecule has 0 atom stereocenters. The molecular formula is C20H20N2O4S2. The molecule has 0 unspecified atom stereocenters. The van der Waals surface area contributed by atoms with Crippen molar-refractivity contribution >= 4 is 45.2 Å². The van der Waals surface area contributed by atoms with Crippen LogP contribution in [0.4, 0.5) is 0 Å². The number of aromatic nitrogens is 1. The lowest BCUT2D eigenvalue weighted by Gasteiger charge is -2.05. The highest BCUT2D eigenvalue weighted by molar-refractivity contribution is 7.98. The van der Waals surface area contributed by atoms with Crippen molar-refractivity contribution in [3.63, 3.8) is 0 Å². The first-order valence-corrected chi connectivity index (χ1v) is 10.7. The van der Waals surface area contributed by atoms with E-state index in [1.165, 1.54) is 18.4 Å². The topological polar surface area (TPSA) is 69.9 Å². The molecular weight excluding hydrogens is 396 g/mol. The molecule has 0 saturated heterocycles. The molecule has 0 radical (unpaired) electrons. The number of thiazole rings is 1. The Balaban J connectivity index is 2.08.